The Labute approximate surface area is 128 Å². The van der Waals surface area contributed by atoms with Crippen LogP contribution in [0.4, 0.5) is 0 Å². The summed E-state index contributed by atoms with van der Waals surface area (Å²) < 4.78 is 5.09. The molecule has 4 nitrogen and oxygen atoms in total. The monoisotopic (exact) mass is 292 g/mol. The predicted molar refractivity (Wildman–Crippen MR) is 84.8 cm³/mol. The minimum absolute atomic E-state index is 0.0374. The molecular formula is C17H28N2O2. The van der Waals surface area contributed by atoms with Gasteiger partial charge in [0.15, 0.2) is 0 Å². The van der Waals surface area contributed by atoms with Crippen LogP contribution in [0, 0.1) is 5.92 Å². The Morgan fingerprint density at radius 2 is 1.95 bits per heavy atom. The Morgan fingerprint density at radius 3 is 2.52 bits per heavy atom. The minimum Gasteiger partial charge on any atom is -0.466 e. The van der Waals surface area contributed by atoms with E-state index in [1.807, 2.05) is 32.9 Å². The molecule has 0 saturated heterocycles. The molecule has 1 saturated carbocycles. The second kappa shape index (κ2) is 9.50. The number of hydrogen-bond acceptors (Lipinski definition) is 4. The molecule has 1 aliphatic rings. The Balaban J connectivity index is 0.00000106. The third-order valence-corrected chi connectivity index (χ3v) is 3.80. The zero-order chi connectivity index (χ0) is 15.7. The fourth-order valence-corrected chi connectivity index (χ4v) is 2.72. The van der Waals surface area contributed by atoms with E-state index >= 15 is 0 Å². The lowest BCUT2D eigenvalue weighted by atomic mass is 9.80. The van der Waals surface area contributed by atoms with Crippen molar-refractivity contribution < 1.29 is 9.53 Å². The molecule has 21 heavy (non-hydrogen) atoms. The summed E-state index contributed by atoms with van der Waals surface area (Å²) in [6, 6.07) is 6.03. The van der Waals surface area contributed by atoms with E-state index in [1.54, 1.807) is 0 Å². The van der Waals surface area contributed by atoms with Gasteiger partial charge in [-0.3, -0.25) is 9.78 Å². The first-order valence-corrected chi connectivity index (χ1v) is 8.07. The molecule has 0 aliphatic heterocycles. The van der Waals surface area contributed by atoms with E-state index in [2.05, 4.69) is 11.1 Å². The number of hydrogen-bond donors (Lipinski definition) is 1. The number of pyridine rings is 1. The zero-order valence-electron chi connectivity index (χ0n) is 13.5. The predicted octanol–water partition coefficient (Wildman–Crippen LogP) is 3.40. The highest BCUT2D eigenvalue weighted by atomic mass is 16.5. The van der Waals surface area contributed by atoms with Gasteiger partial charge >= 0.3 is 5.97 Å². The van der Waals surface area contributed by atoms with E-state index in [0.29, 0.717) is 19.1 Å². The molecule has 2 rings (SSSR count). The first-order valence-electron chi connectivity index (χ1n) is 8.07. The van der Waals surface area contributed by atoms with Crippen LogP contribution in [-0.4, -0.2) is 17.6 Å². The van der Waals surface area contributed by atoms with Crippen LogP contribution in [0.1, 0.15) is 63.8 Å². The van der Waals surface area contributed by atoms with Crippen LogP contribution in [0.5, 0.6) is 0 Å². The van der Waals surface area contributed by atoms with Gasteiger partial charge in [-0.15, -0.1) is 0 Å². The summed E-state index contributed by atoms with van der Waals surface area (Å²) in [6.07, 6.45) is 3.81. The van der Waals surface area contributed by atoms with Crippen molar-refractivity contribution in [2.45, 2.75) is 58.9 Å². The molecule has 0 amide bonds. The Kier molecular flexibility index (Phi) is 7.98. The van der Waals surface area contributed by atoms with Crippen molar-refractivity contribution in [2.24, 2.45) is 11.7 Å². The van der Waals surface area contributed by atoms with Crippen LogP contribution in [0.2, 0.25) is 0 Å². The number of carbonyl (C=O) groups is 1. The van der Waals surface area contributed by atoms with Crippen LogP contribution in [0.25, 0.3) is 0 Å². The van der Waals surface area contributed by atoms with Crippen molar-refractivity contribution in [3.8, 4) is 0 Å². The zero-order valence-corrected chi connectivity index (χ0v) is 13.5. The lowest BCUT2D eigenvalue weighted by Gasteiger charge is -2.27. The summed E-state index contributed by atoms with van der Waals surface area (Å²) >= 11 is 0. The van der Waals surface area contributed by atoms with Crippen LogP contribution in [0.3, 0.4) is 0 Å². The highest BCUT2D eigenvalue weighted by Crippen LogP contribution is 2.35. The third kappa shape index (κ3) is 5.12. The van der Waals surface area contributed by atoms with E-state index in [-0.39, 0.29) is 11.9 Å². The molecule has 118 valence electrons. The first kappa shape index (κ1) is 17.6. The van der Waals surface area contributed by atoms with E-state index in [4.69, 9.17) is 10.5 Å². The van der Waals surface area contributed by atoms with Crippen molar-refractivity contribution in [2.75, 3.05) is 6.61 Å². The smallest absolute Gasteiger partial charge is 0.308 e. The number of ether oxygens (including phenoxy) is 1. The topological polar surface area (TPSA) is 65.2 Å². The van der Waals surface area contributed by atoms with Gasteiger partial charge in [-0.2, -0.15) is 0 Å². The molecule has 2 N–H and O–H groups in total. The van der Waals surface area contributed by atoms with Gasteiger partial charge in [0, 0.05) is 18.2 Å². The summed E-state index contributed by atoms with van der Waals surface area (Å²) in [5.74, 6) is 0.496. The number of nitrogens with two attached hydrogens (primary N) is 1. The van der Waals surface area contributed by atoms with Crippen LogP contribution < -0.4 is 5.73 Å². The quantitative estimate of drug-likeness (QED) is 0.864. The molecule has 1 aromatic rings. The molecule has 4 heteroatoms. The summed E-state index contributed by atoms with van der Waals surface area (Å²) in [7, 11) is 0. The van der Waals surface area contributed by atoms with Crippen LogP contribution in [0.15, 0.2) is 18.2 Å². The second-order valence-corrected chi connectivity index (χ2v) is 5.06. The van der Waals surface area contributed by atoms with Crippen LogP contribution in [-0.2, 0) is 16.1 Å². The van der Waals surface area contributed by atoms with Gasteiger partial charge in [0.05, 0.1) is 18.2 Å². The Morgan fingerprint density at radius 1 is 1.29 bits per heavy atom. The molecule has 1 heterocycles. The summed E-state index contributed by atoms with van der Waals surface area (Å²) in [4.78, 5) is 16.3. The number of nitrogens with zero attached hydrogens (tertiary/aromatic N) is 1. The molecule has 0 radical (unpaired) electrons. The fourth-order valence-electron chi connectivity index (χ4n) is 2.72. The van der Waals surface area contributed by atoms with Gasteiger partial charge in [0.25, 0.3) is 0 Å². The molecular weight excluding hydrogens is 264 g/mol. The molecule has 1 fully saturated rings. The van der Waals surface area contributed by atoms with E-state index < -0.39 is 0 Å². The SMILES string of the molecule is CC.CCOC(=O)C1CCC(c2cccc(CN)n2)CC1. The normalized spacial score (nSPS) is 21.1. The standard InChI is InChI=1S/C15H22N2O2.C2H6/c1-2-19-15(18)12-8-6-11(7-9-12)14-5-3-4-13(10-16)17-14;1-2/h3-5,11-12H,2,6-10,16H2,1H3;1-2H3. The van der Waals surface area contributed by atoms with Gasteiger partial charge in [0.2, 0.25) is 0 Å². The number of aromatic nitrogens is 1. The number of rotatable bonds is 4. The van der Waals surface area contributed by atoms with Crippen molar-refractivity contribution in [1.29, 1.82) is 0 Å². The Hall–Kier alpha value is -1.42. The molecule has 1 aliphatic carbocycles. The van der Waals surface area contributed by atoms with Crippen molar-refractivity contribution in [3.05, 3.63) is 29.6 Å². The fraction of sp³-hybridized carbons (Fsp3) is 0.647. The van der Waals surface area contributed by atoms with Crippen molar-refractivity contribution in [1.82, 2.24) is 4.98 Å². The second-order valence-electron chi connectivity index (χ2n) is 5.06. The van der Waals surface area contributed by atoms with Gasteiger partial charge in [-0.25, -0.2) is 0 Å². The average molecular weight is 292 g/mol. The summed E-state index contributed by atoms with van der Waals surface area (Å²) in [6.45, 7) is 6.80. The largest absolute Gasteiger partial charge is 0.466 e. The third-order valence-electron chi connectivity index (χ3n) is 3.80. The van der Waals surface area contributed by atoms with E-state index in [9.17, 15) is 4.79 Å². The summed E-state index contributed by atoms with van der Waals surface area (Å²) in [5, 5.41) is 0. The highest BCUT2D eigenvalue weighted by Gasteiger charge is 2.28. The summed E-state index contributed by atoms with van der Waals surface area (Å²) in [5.41, 5.74) is 7.67. The number of carbonyl (C=O) groups excluding carboxylic acids is 1. The molecule has 0 atom stereocenters. The molecule has 0 bridgehead atoms. The van der Waals surface area contributed by atoms with Crippen molar-refractivity contribution in [3.63, 3.8) is 0 Å². The molecule has 0 spiro atoms. The van der Waals surface area contributed by atoms with Gasteiger partial charge in [-0.1, -0.05) is 19.9 Å². The van der Waals surface area contributed by atoms with Crippen LogP contribution >= 0.6 is 0 Å². The molecule has 1 aromatic heterocycles. The minimum atomic E-state index is -0.0374. The van der Waals surface area contributed by atoms with Gasteiger partial charge < -0.3 is 10.5 Å². The highest BCUT2D eigenvalue weighted by molar-refractivity contribution is 5.72. The maximum atomic E-state index is 11.7. The van der Waals surface area contributed by atoms with Gasteiger partial charge in [0.1, 0.15) is 0 Å². The van der Waals surface area contributed by atoms with E-state index in [1.165, 1.54) is 0 Å². The molecule has 0 unspecified atom stereocenters. The van der Waals surface area contributed by atoms with E-state index in [0.717, 1.165) is 37.1 Å². The average Bonchev–Trinajstić information content (AvgIpc) is 2.57. The maximum Gasteiger partial charge on any atom is 0.308 e. The Bertz CT molecular complexity index is 427. The first-order chi connectivity index (χ1) is 10.2. The maximum absolute atomic E-state index is 11.7. The lowest BCUT2D eigenvalue weighted by molar-refractivity contribution is -0.149. The molecule has 0 aromatic carbocycles. The lowest BCUT2D eigenvalue weighted by Crippen LogP contribution is -2.23. The number of esters is 1. The van der Waals surface area contributed by atoms with Crippen molar-refractivity contribution >= 4 is 5.97 Å². The van der Waals surface area contributed by atoms with Gasteiger partial charge in [-0.05, 0) is 44.7 Å².